The minimum Gasteiger partial charge on any atom is -0.381 e. The molecular formula is C7H13F3N2O. The van der Waals surface area contributed by atoms with E-state index in [1.807, 2.05) is 0 Å². The summed E-state index contributed by atoms with van der Waals surface area (Å²) >= 11 is 0. The fraction of sp³-hybridized carbons (Fsp3) is 1.00. The highest BCUT2D eigenvalue weighted by atomic mass is 19.4. The van der Waals surface area contributed by atoms with Crippen molar-refractivity contribution in [3.63, 3.8) is 0 Å². The van der Waals surface area contributed by atoms with Gasteiger partial charge in [0.15, 0.2) is 0 Å². The maximum absolute atomic E-state index is 12.3. The first-order chi connectivity index (χ1) is 6.05. The van der Waals surface area contributed by atoms with Gasteiger partial charge in [0.1, 0.15) is 6.04 Å². The van der Waals surface area contributed by atoms with Crippen molar-refractivity contribution in [2.24, 2.45) is 11.8 Å². The normalized spacial score (nSPS) is 27.2. The molecule has 13 heavy (non-hydrogen) atoms. The van der Waals surface area contributed by atoms with Gasteiger partial charge in [-0.1, -0.05) is 0 Å². The molecule has 3 N–H and O–H groups in total. The molecule has 3 nitrogen and oxygen atoms in total. The molecule has 1 heterocycles. The van der Waals surface area contributed by atoms with Gasteiger partial charge in [-0.15, -0.1) is 0 Å². The second-order valence-corrected chi connectivity index (χ2v) is 3.16. The lowest BCUT2D eigenvalue weighted by Gasteiger charge is -2.30. The first-order valence-corrected chi connectivity index (χ1v) is 4.16. The van der Waals surface area contributed by atoms with E-state index in [-0.39, 0.29) is 6.61 Å². The Morgan fingerprint density at radius 3 is 2.54 bits per heavy atom. The molecular weight excluding hydrogens is 185 g/mol. The molecule has 6 heteroatoms. The Hall–Kier alpha value is -0.330. The molecule has 0 radical (unpaired) electrons. The summed E-state index contributed by atoms with van der Waals surface area (Å²) < 4.78 is 41.9. The number of rotatable bonds is 2. The predicted octanol–water partition coefficient (Wildman–Crippen LogP) is 0.807. The third-order valence-electron chi connectivity index (χ3n) is 2.20. The van der Waals surface area contributed by atoms with E-state index in [0.29, 0.717) is 19.4 Å². The van der Waals surface area contributed by atoms with Crippen LogP contribution in [0.4, 0.5) is 13.2 Å². The molecule has 0 aromatic carbocycles. The Morgan fingerprint density at radius 2 is 2.15 bits per heavy atom. The summed E-state index contributed by atoms with van der Waals surface area (Å²) in [6.45, 7) is 0.681. The minimum atomic E-state index is -4.29. The Kier molecular flexibility index (Phi) is 3.52. The molecule has 0 amide bonds. The summed E-state index contributed by atoms with van der Waals surface area (Å²) in [6.07, 6.45) is -3.12. The van der Waals surface area contributed by atoms with Crippen LogP contribution in [0.15, 0.2) is 0 Å². The molecule has 78 valence electrons. The molecule has 2 atom stereocenters. The molecule has 2 unspecified atom stereocenters. The van der Waals surface area contributed by atoms with E-state index in [9.17, 15) is 13.2 Å². The van der Waals surface area contributed by atoms with E-state index in [4.69, 9.17) is 10.6 Å². The fourth-order valence-corrected chi connectivity index (χ4v) is 1.53. The summed E-state index contributed by atoms with van der Waals surface area (Å²) in [5, 5.41) is 0. The van der Waals surface area contributed by atoms with Gasteiger partial charge >= 0.3 is 6.18 Å². The molecule has 1 fully saturated rings. The SMILES string of the molecule is NNC(C1CCCOC1)C(F)(F)F. The highest BCUT2D eigenvalue weighted by molar-refractivity contribution is 4.82. The Labute approximate surface area is 74.4 Å². The van der Waals surface area contributed by atoms with Crippen LogP contribution in [-0.2, 0) is 4.74 Å². The second-order valence-electron chi connectivity index (χ2n) is 3.16. The van der Waals surface area contributed by atoms with Crippen LogP contribution in [0, 0.1) is 5.92 Å². The van der Waals surface area contributed by atoms with E-state index in [2.05, 4.69) is 0 Å². The third kappa shape index (κ3) is 2.82. The van der Waals surface area contributed by atoms with Crippen molar-refractivity contribution < 1.29 is 17.9 Å². The lowest BCUT2D eigenvalue weighted by molar-refractivity contribution is -0.177. The zero-order valence-corrected chi connectivity index (χ0v) is 7.10. The smallest absolute Gasteiger partial charge is 0.381 e. The van der Waals surface area contributed by atoms with Crippen molar-refractivity contribution in [2.75, 3.05) is 13.2 Å². The molecule has 1 aliphatic rings. The van der Waals surface area contributed by atoms with E-state index in [1.165, 1.54) is 0 Å². The number of alkyl halides is 3. The number of nitrogens with one attached hydrogen (secondary N) is 1. The van der Waals surface area contributed by atoms with E-state index in [1.54, 1.807) is 5.43 Å². The molecule has 1 rings (SSSR count). The largest absolute Gasteiger partial charge is 0.405 e. The molecule has 1 aliphatic heterocycles. The topological polar surface area (TPSA) is 47.3 Å². The highest BCUT2D eigenvalue weighted by Gasteiger charge is 2.44. The van der Waals surface area contributed by atoms with Crippen molar-refractivity contribution in [1.82, 2.24) is 5.43 Å². The van der Waals surface area contributed by atoms with Crippen LogP contribution in [0.3, 0.4) is 0 Å². The average molecular weight is 198 g/mol. The summed E-state index contributed by atoms with van der Waals surface area (Å²) in [7, 11) is 0. The second kappa shape index (κ2) is 4.26. The fourth-order valence-electron chi connectivity index (χ4n) is 1.53. The molecule has 0 saturated carbocycles. The van der Waals surface area contributed by atoms with Gasteiger partial charge in [-0.05, 0) is 12.8 Å². The lowest BCUT2D eigenvalue weighted by Crippen LogP contribution is -2.52. The monoisotopic (exact) mass is 198 g/mol. The molecule has 0 bridgehead atoms. The third-order valence-corrected chi connectivity index (χ3v) is 2.20. The van der Waals surface area contributed by atoms with Crippen LogP contribution in [0.25, 0.3) is 0 Å². The first-order valence-electron chi connectivity index (χ1n) is 4.16. The van der Waals surface area contributed by atoms with Gasteiger partial charge in [0.2, 0.25) is 0 Å². The van der Waals surface area contributed by atoms with E-state index >= 15 is 0 Å². The van der Waals surface area contributed by atoms with Gasteiger partial charge in [-0.2, -0.15) is 13.2 Å². The summed E-state index contributed by atoms with van der Waals surface area (Å²) in [5.74, 6) is 4.31. The Bertz CT molecular complexity index is 156. The summed E-state index contributed by atoms with van der Waals surface area (Å²) in [4.78, 5) is 0. The Balaban J connectivity index is 2.54. The number of ether oxygens (including phenoxy) is 1. The molecule has 0 aromatic heterocycles. The van der Waals surface area contributed by atoms with Gasteiger partial charge in [0.05, 0.1) is 6.61 Å². The van der Waals surface area contributed by atoms with Gasteiger partial charge in [-0.25, -0.2) is 5.43 Å². The minimum absolute atomic E-state index is 0.133. The number of hydrogen-bond acceptors (Lipinski definition) is 3. The summed E-state index contributed by atoms with van der Waals surface area (Å²) in [6, 6.07) is -1.65. The van der Waals surface area contributed by atoms with Crippen molar-refractivity contribution in [3.8, 4) is 0 Å². The zero-order chi connectivity index (χ0) is 9.90. The van der Waals surface area contributed by atoms with Crippen LogP contribution in [-0.4, -0.2) is 25.4 Å². The average Bonchev–Trinajstić information content (AvgIpc) is 2.05. The lowest BCUT2D eigenvalue weighted by atomic mass is 9.94. The van der Waals surface area contributed by atoms with Crippen molar-refractivity contribution in [2.45, 2.75) is 25.1 Å². The molecule has 0 spiro atoms. The molecule has 0 aromatic rings. The van der Waals surface area contributed by atoms with E-state index < -0.39 is 18.1 Å². The number of halogens is 3. The molecule has 0 aliphatic carbocycles. The predicted molar refractivity (Wildman–Crippen MR) is 40.7 cm³/mol. The van der Waals surface area contributed by atoms with E-state index in [0.717, 1.165) is 0 Å². The van der Waals surface area contributed by atoms with Crippen LogP contribution in [0.1, 0.15) is 12.8 Å². The maximum Gasteiger partial charge on any atom is 0.405 e. The van der Waals surface area contributed by atoms with Crippen LogP contribution in [0.2, 0.25) is 0 Å². The molecule has 1 saturated heterocycles. The number of hydrazine groups is 1. The highest BCUT2D eigenvalue weighted by Crippen LogP contribution is 2.29. The summed E-state index contributed by atoms with van der Waals surface area (Å²) in [5.41, 5.74) is 1.81. The van der Waals surface area contributed by atoms with Gasteiger partial charge < -0.3 is 4.74 Å². The first kappa shape index (κ1) is 10.7. The van der Waals surface area contributed by atoms with Crippen molar-refractivity contribution in [3.05, 3.63) is 0 Å². The number of hydrogen-bond donors (Lipinski definition) is 2. The quantitative estimate of drug-likeness (QED) is 0.510. The van der Waals surface area contributed by atoms with Gasteiger partial charge in [-0.3, -0.25) is 5.84 Å². The number of nitrogens with two attached hydrogens (primary N) is 1. The van der Waals surface area contributed by atoms with Gasteiger partial charge in [0.25, 0.3) is 0 Å². The zero-order valence-electron chi connectivity index (χ0n) is 7.10. The van der Waals surface area contributed by atoms with Crippen LogP contribution in [0.5, 0.6) is 0 Å². The van der Waals surface area contributed by atoms with Crippen molar-refractivity contribution in [1.29, 1.82) is 0 Å². The van der Waals surface area contributed by atoms with Crippen LogP contribution < -0.4 is 11.3 Å². The maximum atomic E-state index is 12.3. The van der Waals surface area contributed by atoms with Crippen molar-refractivity contribution >= 4 is 0 Å². The Morgan fingerprint density at radius 1 is 1.46 bits per heavy atom. The van der Waals surface area contributed by atoms with Crippen LogP contribution >= 0.6 is 0 Å². The standard InChI is InChI=1S/C7H13F3N2O/c8-7(9,10)6(12-11)5-2-1-3-13-4-5/h5-6,12H,1-4,11H2. The van der Waals surface area contributed by atoms with Gasteiger partial charge in [0, 0.05) is 12.5 Å².